The van der Waals surface area contributed by atoms with Crippen molar-refractivity contribution in [2.45, 2.75) is 13.8 Å². The van der Waals surface area contributed by atoms with Gasteiger partial charge in [0.1, 0.15) is 0 Å². The minimum atomic E-state index is -0.241. The summed E-state index contributed by atoms with van der Waals surface area (Å²) in [7, 11) is 0. The van der Waals surface area contributed by atoms with Crippen molar-refractivity contribution in [3.8, 4) is 11.3 Å². The van der Waals surface area contributed by atoms with Gasteiger partial charge in [-0.15, -0.1) is 11.3 Å². The van der Waals surface area contributed by atoms with Gasteiger partial charge in [0.05, 0.1) is 5.69 Å². The van der Waals surface area contributed by atoms with Gasteiger partial charge in [0.15, 0.2) is 10.9 Å². The molecule has 1 N–H and O–H groups in total. The lowest BCUT2D eigenvalue weighted by molar-refractivity contribution is 0.100. The van der Waals surface area contributed by atoms with Gasteiger partial charge in [-0.3, -0.25) is 14.9 Å². The lowest BCUT2D eigenvalue weighted by atomic mass is 10.1. The van der Waals surface area contributed by atoms with Crippen LogP contribution in [0.4, 0.5) is 5.13 Å². The highest BCUT2D eigenvalue weighted by atomic mass is 32.1. The van der Waals surface area contributed by atoms with Gasteiger partial charge >= 0.3 is 0 Å². The third-order valence-electron chi connectivity index (χ3n) is 3.63. The number of nitrogens with one attached hydrogen (secondary N) is 1. The van der Waals surface area contributed by atoms with Gasteiger partial charge in [-0.25, -0.2) is 4.98 Å². The number of amides is 1. The van der Waals surface area contributed by atoms with E-state index in [9.17, 15) is 9.59 Å². The number of hydrogen-bond donors (Lipinski definition) is 1. The van der Waals surface area contributed by atoms with Crippen molar-refractivity contribution in [2.75, 3.05) is 5.32 Å². The Bertz CT molecular complexity index is 880. The first-order valence-corrected chi connectivity index (χ1v) is 8.36. The summed E-state index contributed by atoms with van der Waals surface area (Å²) in [4.78, 5) is 28.0. The Morgan fingerprint density at radius 2 is 1.58 bits per heavy atom. The number of thiazole rings is 1. The second-order valence-corrected chi connectivity index (χ2v) is 6.35. The topological polar surface area (TPSA) is 59.1 Å². The molecule has 1 heterocycles. The Morgan fingerprint density at radius 3 is 2.21 bits per heavy atom. The molecule has 0 unspecified atom stereocenters. The van der Waals surface area contributed by atoms with Gasteiger partial charge in [-0.2, -0.15) is 0 Å². The third kappa shape index (κ3) is 3.58. The molecule has 1 aromatic heterocycles. The quantitative estimate of drug-likeness (QED) is 0.710. The molecule has 0 saturated carbocycles. The van der Waals surface area contributed by atoms with Crippen molar-refractivity contribution < 1.29 is 9.59 Å². The SMILES string of the molecule is CC(=O)c1ccc(C(=O)Nc2nc(-c3ccc(C)cc3)cs2)cc1. The van der Waals surface area contributed by atoms with E-state index in [0.29, 0.717) is 16.3 Å². The number of nitrogens with zero attached hydrogens (tertiary/aromatic N) is 1. The number of ketones is 1. The van der Waals surface area contributed by atoms with Crippen molar-refractivity contribution >= 4 is 28.2 Å². The maximum atomic E-state index is 12.3. The molecule has 0 spiro atoms. The first-order valence-electron chi connectivity index (χ1n) is 7.48. The van der Waals surface area contributed by atoms with Gasteiger partial charge in [0.25, 0.3) is 5.91 Å². The smallest absolute Gasteiger partial charge is 0.257 e. The summed E-state index contributed by atoms with van der Waals surface area (Å²) in [6.45, 7) is 3.53. The van der Waals surface area contributed by atoms with Crippen LogP contribution in [0.2, 0.25) is 0 Å². The van der Waals surface area contributed by atoms with Gasteiger partial charge in [0, 0.05) is 22.1 Å². The van der Waals surface area contributed by atoms with Crippen LogP contribution >= 0.6 is 11.3 Å². The number of benzene rings is 2. The van der Waals surface area contributed by atoms with E-state index in [1.807, 2.05) is 36.6 Å². The van der Waals surface area contributed by atoms with E-state index in [4.69, 9.17) is 0 Å². The minimum absolute atomic E-state index is 0.0235. The molecule has 0 atom stereocenters. The van der Waals surface area contributed by atoms with Crippen LogP contribution in [0.3, 0.4) is 0 Å². The third-order valence-corrected chi connectivity index (χ3v) is 4.38. The molecule has 3 rings (SSSR count). The lowest BCUT2D eigenvalue weighted by Crippen LogP contribution is -2.11. The van der Waals surface area contributed by atoms with Crippen LogP contribution in [0.1, 0.15) is 33.2 Å². The summed E-state index contributed by atoms with van der Waals surface area (Å²) >= 11 is 1.38. The van der Waals surface area contributed by atoms with Crippen molar-refractivity contribution in [3.63, 3.8) is 0 Å². The van der Waals surface area contributed by atoms with E-state index in [1.165, 1.54) is 23.8 Å². The van der Waals surface area contributed by atoms with E-state index >= 15 is 0 Å². The standard InChI is InChI=1S/C19H16N2O2S/c1-12-3-5-15(6-4-12)17-11-24-19(20-17)21-18(23)16-9-7-14(8-10-16)13(2)22/h3-11H,1-2H3,(H,20,21,23). The second kappa shape index (κ2) is 6.76. The van der Waals surface area contributed by atoms with Crippen molar-refractivity contribution in [3.05, 3.63) is 70.6 Å². The molecule has 2 aromatic carbocycles. The normalized spacial score (nSPS) is 10.4. The van der Waals surface area contributed by atoms with Gasteiger partial charge in [-0.05, 0) is 26.0 Å². The van der Waals surface area contributed by atoms with Crippen LogP contribution in [0.15, 0.2) is 53.9 Å². The lowest BCUT2D eigenvalue weighted by Gasteiger charge is -2.02. The van der Waals surface area contributed by atoms with Crippen molar-refractivity contribution in [1.82, 2.24) is 4.98 Å². The fourth-order valence-corrected chi connectivity index (χ4v) is 2.93. The molecule has 5 heteroatoms. The van der Waals surface area contributed by atoms with Crippen LogP contribution in [-0.4, -0.2) is 16.7 Å². The van der Waals surface area contributed by atoms with Crippen molar-refractivity contribution in [2.24, 2.45) is 0 Å². The van der Waals surface area contributed by atoms with Crippen LogP contribution in [0, 0.1) is 6.92 Å². The monoisotopic (exact) mass is 336 g/mol. The number of carbonyl (C=O) groups excluding carboxylic acids is 2. The summed E-state index contributed by atoms with van der Waals surface area (Å²) in [6.07, 6.45) is 0. The Balaban J connectivity index is 1.73. The molecule has 24 heavy (non-hydrogen) atoms. The molecule has 1 amide bonds. The number of aromatic nitrogens is 1. The number of hydrogen-bond acceptors (Lipinski definition) is 4. The Labute approximate surface area is 144 Å². The maximum Gasteiger partial charge on any atom is 0.257 e. The molecule has 0 radical (unpaired) electrons. The van der Waals surface area contributed by atoms with Crippen LogP contribution in [0.5, 0.6) is 0 Å². The molecular formula is C19H16N2O2S. The molecule has 3 aromatic rings. The molecule has 0 bridgehead atoms. The predicted octanol–water partition coefficient (Wildman–Crippen LogP) is 4.57. The first kappa shape index (κ1) is 16.1. The predicted molar refractivity (Wildman–Crippen MR) is 96.7 cm³/mol. The Kier molecular flexibility index (Phi) is 4.53. The number of aryl methyl sites for hydroxylation is 1. The minimum Gasteiger partial charge on any atom is -0.298 e. The first-order chi connectivity index (χ1) is 11.5. The summed E-state index contributed by atoms with van der Waals surface area (Å²) < 4.78 is 0. The van der Waals surface area contributed by atoms with E-state index in [1.54, 1.807) is 24.3 Å². The molecule has 0 aliphatic rings. The highest BCUT2D eigenvalue weighted by Crippen LogP contribution is 2.25. The highest BCUT2D eigenvalue weighted by Gasteiger charge is 2.10. The highest BCUT2D eigenvalue weighted by molar-refractivity contribution is 7.14. The van der Waals surface area contributed by atoms with Gasteiger partial charge < -0.3 is 0 Å². The number of anilines is 1. The van der Waals surface area contributed by atoms with Gasteiger partial charge in [0.2, 0.25) is 0 Å². The van der Waals surface area contributed by atoms with E-state index < -0.39 is 0 Å². The molecular weight excluding hydrogens is 320 g/mol. The summed E-state index contributed by atoms with van der Waals surface area (Å²) in [5.41, 5.74) is 4.12. The summed E-state index contributed by atoms with van der Waals surface area (Å²) in [5, 5.41) is 5.26. The zero-order chi connectivity index (χ0) is 17.1. The van der Waals surface area contributed by atoms with E-state index in [0.717, 1.165) is 11.3 Å². The number of rotatable bonds is 4. The maximum absolute atomic E-state index is 12.3. The average molecular weight is 336 g/mol. The molecule has 0 fully saturated rings. The number of carbonyl (C=O) groups is 2. The average Bonchev–Trinajstić information content (AvgIpc) is 3.04. The van der Waals surface area contributed by atoms with E-state index in [2.05, 4.69) is 10.3 Å². The zero-order valence-corrected chi connectivity index (χ0v) is 14.2. The van der Waals surface area contributed by atoms with Gasteiger partial charge in [-0.1, -0.05) is 42.0 Å². The number of Topliss-reactive ketones (excluding diaryl/α,β-unsaturated/α-hetero) is 1. The largest absolute Gasteiger partial charge is 0.298 e. The summed E-state index contributed by atoms with van der Waals surface area (Å²) in [6, 6.07) is 14.7. The van der Waals surface area contributed by atoms with Crippen LogP contribution in [0.25, 0.3) is 11.3 Å². The van der Waals surface area contributed by atoms with Crippen molar-refractivity contribution in [1.29, 1.82) is 0 Å². The fourth-order valence-electron chi connectivity index (χ4n) is 2.21. The molecule has 4 nitrogen and oxygen atoms in total. The molecule has 120 valence electrons. The second-order valence-electron chi connectivity index (χ2n) is 5.49. The van der Waals surface area contributed by atoms with Crippen LogP contribution < -0.4 is 5.32 Å². The molecule has 0 aliphatic heterocycles. The summed E-state index contributed by atoms with van der Waals surface area (Å²) in [5.74, 6) is -0.264. The molecule has 0 saturated heterocycles. The Hall–Kier alpha value is -2.79. The zero-order valence-electron chi connectivity index (χ0n) is 13.4. The Morgan fingerprint density at radius 1 is 0.958 bits per heavy atom. The fraction of sp³-hybridized carbons (Fsp3) is 0.105. The molecule has 0 aliphatic carbocycles. The van der Waals surface area contributed by atoms with Crippen LogP contribution in [-0.2, 0) is 0 Å². The van der Waals surface area contributed by atoms with E-state index in [-0.39, 0.29) is 11.7 Å².